The van der Waals surface area contributed by atoms with E-state index in [9.17, 15) is 4.79 Å². The lowest BCUT2D eigenvalue weighted by Crippen LogP contribution is -2.14. The largest absolute Gasteiger partial charge is 0.496 e. The highest BCUT2D eigenvalue weighted by atomic mass is 79.9. The van der Waals surface area contributed by atoms with Gasteiger partial charge in [0, 0.05) is 15.2 Å². The number of carbonyl (C=O) groups excluding carboxylic acids is 1. The van der Waals surface area contributed by atoms with Crippen molar-refractivity contribution in [1.82, 2.24) is 0 Å². The number of carbonyl (C=O) groups is 1. The minimum absolute atomic E-state index is 0.321. The molecular formula is C15H14BrClN2O2. The van der Waals surface area contributed by atoms with Gasteiger partial charge in [-0.15, -0.1) is 0 Å². The molecule has 110 valence electrons. The predicted molar refractivity (Wildman–Crippen MR) is 89.2 cm³/mol. The first-order valence-corrected chi connectivity index (χ1v) is 7.30. The molecule has 0 atom stereocenters. The average Bonchev–Trinajstić information content (AvgIpc) is 2.44. The summed E-state index contributed by atoms with van der Waals surface area (Å²) in [6.45, 7) is 1.89. The number of amides is 1. The molecule has 0 aliphatic rings. The first kappa shape index (κ1) is 15.7. The lowest BCUT2D eigenvalue weighted by atomic mass is 10.1. The number of nitrogens with one attached hydrogen (secondary N) is 1. The van der Waals surface area contributed by atoms with E-state index in [1.807, 2.05) is 13.0 Å². The molecule has 0 spiro atoms. The van der Waals surface area contributed by atoms with Crippen LogP contribution in [0, 0.1) is 6.92 Å². The van der Waals surface area contributed by atoms with E-state index in [2.05, 4.69) is 21.2 Å². The van der Waals surface area contributed by atoms with Crippen LogP contribution in [-0.4, -0.2) is 13.0 Å². The van der Waals surface area contributed by atoms with Gasteiger partial charge in [-0.3, -0.25) is 4.79 Å². The van der Waals surface area contributed by atoms with E-state index in [0.29, 0.717) is 27.7 Å². The standard InChI is InChI=1S/C15H14BrClN2O2/c1-8-5-11(16)13(7-12(8)18)19-15(20)10-6-9(17)3-4-14(10)21-2/h3-7H,18H2,1-2H3,(H,19,20). The molecule has 0 bridgehead atoms. The zero-order chi connectivity index (χ0) is 15.6. The van der Waals surface area contributed by atoms with Crippen molar-refractivity contribution in [3.8, 4) is 5.75 Å². The van der Waals surface area contributed by atoms with E-state index >= 15 is 0 Å². The van der Waals surface area contributed by atoms with Gasteiger partial charge in [0.2, 0.25) is 0 Å². The van der Waals surface area contributed by atoms with Crippen molar-refractivity contribution >= 4 is 44.8 Å². The van der Waals surface area contributed by atoms with Gasteiger partial charge >= 0.3 is 0 Å². The van der Waals surface area contributed by atoms with Crippen LogP contribution in [0.15, 0.2) is 34.8 Å². The fourth-order valence-corrected chi connectivity index (χ4v) is 2.56. The number of ether oxygens (including phenoxy) is 1. The van der Waals surface area contributed by atoms with Crippen LogP contribution < -0.4 is 15.8 Å². The van der Waals surface area contributed by atoms with Crippen LogP contribution in [-0.2, 0) is 0 Å². The molecule has 2 aromatic rings. The molecule has 0 unspecified atom stereocenters. The maximum Gasteiger partial charge on any atom is 0.259 e. The Morgan fingerprint density at radius 3 is 2.71 bits per heavy atom. The highest BCUT2D eigenvalue weighted by Gasteiger charge is 2.15. The Labute approximate surface area is 136 Å². The Balaban J connectivity index is 2.34. The minimum atomic E-state index is -0.321. The smallest absolute Gasteiger partial charge is 0.259 e. The topological polar surface area (TPSA) is 64.3 Å². The van der Waals surface area contributed by atoms with Gasteiger partial charge in [-0.05, 0) is 58.7 Å². The van der Waals surface area contributed by atoms with Crippen molar-refractivity contribution in [3.05, 3.63) is 51.0 Å². The number of anilines is 2. The zero-order valence-electron chi connectivity index (χ0n) is 11.5. The molecule has 2 rings (SSSR count). The summed E-state index contributed by atoms with van der Waals surface area (Å²) in [5.41, 5.74) is 8.35. The summed E-state index contributed by atoms with van der Waals surface area (Å²) < 4.78 is 5.93. The van der Waals surface area contributed by atoms with Crippen LogP contribution in [0.4, 0.5) is 11.4 Å². The number of nitrogen functional groups attached to an aromatic ring is 1. The van der Waals surface area contributed by atoms with E-state index in [1.165, 1.54) is 7.11 Å². The molecule has 0 aliphatic heterocycles. The third kappa shape index (κ3) is 3.49. The summed E-state index contributed by atoms with van der Waals surface area (Å²) in [5, 5.41) is 3.25. The maximum absolute atomic E-state index is 12.4. The van der Waals surface area contributed by atoms with Crippen molar-refractivity contribution in [2.75, 3.05) is 18.2 Å². The molecule has 0 radical (unpaired) electrons. The summed E-state index contributed by atoms with van der Waals surface area (Å²) in [7, 11) is 1.50. The number of rotatable bonds is 3. The Morgan fingerprint density at radius 2 is 2.05 bits per heavy atom. The number of nitrogens with two attached hydrogens (primary N) is 1. The van der Waals surface area contributed by atoms with Gasteiger partial charge in [-0.2, -0.15) is 0 Å². The minimum Gasteiger partial charge on any atom is -0.496 e. The van der Waals surface area contributed by atoms with Crippen LogP contribution in [0.3, 0.4) is 0 Å². The fourth-order valence-electron chi connectivity index (χ4n) is 1.83. The normalized spacial score (nSPS) is 10.3. The van der Waals surface area contributed by atoms with Crippen molar-refractivity contribution < 1.29 is 9.53 Å². The third-order valence-corrected chi connectivity index (χ3v) is 3.90. The zero-order valence-corrected chi connectivity index (χ0v) is 13.9. The molecule has 3 N–H and O–H groups in total. The molecule has 0 aliphatic carbocycles. The number of halogens is 2. The number of benzene rings is 2. The van der Waals surface area contributed by atoms with E-state index < -0.39 is 0 Å². The average molecular weight is 370 g/mol. The Bertz CT molecular complexity index is 704. The van der Waals surface area contributed by atoms with Gasteiger partial charge in [-0.1, -0.05) is 11.6 Å². The monoisotopic (exact) mass is 368 g/mol. The van der Waals surface area contributed by atoms with E-state index in [1.54, 1.807) is 24.3 Å². The van der Waals surface area contributed by atoms with Crippen molar-refractivity contribution in [2.45, 2.75) is 6.92 Å². The van der Waals surface area contributed by atoms with Crippen LogP contribution in [0.25, 0.3) is 0 Å². The third-order valence-electron chi connectivity index (χ3n) is 3.01. The first-order chi connectivity index (χ1) is 9.92. The van der Waals surface area contributed by atoms with E-state index in [4.69, 9.17) is 22.1 Å². The Hall–Kier alpha value is -1.72. The van der Waals surface area contributed by atoms with Crippen LogP contribution in [0.1, 0.15) is 15.9 Å². The van der Waals surface area contributed by atoms with Crippen LogP contribution >= 0.6 is 27.5 Å². The van der Waals surface area contributed by atoms with Gasteiger partial charge in [-0.25, -0.2) is 0 Å². The van der Waals surface area contributed by atoms with Crippen LogP contribution in [0.5, 0.6) is 5.75 Å². The van der Waals surface area contributed by atoms with Crippen LogP contribution in [0.2, 0.25) is 5.02 Å². The molecule has 2 aromatic carbocycles. The number of methoxy groups -OCH3 is 1. The molecule has 0 heterocycles. The molecule has 0 saturated carbocycles. The molecule has 6 heteroatoms. The second-order valence-electron chi connectivity index (χ2n) is 4.49. The first-order valence-electron chi connectivity index (χ1n) is 6.13. The SMILES string of the molecule is COc1ccc(Cl)cc1C(=O)Nc1cc(N)c(C)cc1Br. The highest BCUT2D eigenvalue weighted by molar-refractivity contribution is 9.10. The second kappa shape index (κ2) is 6.37. The lowest BCUT2D eigenvalue weighted by Gasteiger charge is -2.12. The summed E-state index contributed by atoms with van der Waals surface area (Å²) in [5.74, 6) is 0.131. The summed E-state index contributed by atoms with van der Waals surface area (Å²) in [6, 6.07) is 8.42. The predicted octanol–water partition coefficient (Wildman–Crippen LogP) is 4.25. The molecule has 1 amide bonds. The van der Waals surface area contributed by atoms with Gasteiger partial charge in [0.05, 0.1) is 18.4 Å². The Morgan fingerprint density at radius 1 is 1.33 bits per heavy atom. The van der Waals surface area contributed by atoms with Crippen molar-refractivity contribution in [2.24, 2.45) is 0 Å². The molecular weight excluding hydrogens is 356 g/mol. The number of aryl methyl sites for hydroxylation is 1. The quantitative estimate of drug-likeness (QED) is 0.795. The van der Waals surface area contributed by atoms with Crippen molar-refractivity contribution in [1.29, 1.82) is 0 Å². The summed E-state index contributed by atoms with van der Waals surface area (Å²) >= 11 is 9.34. The fraction of sp³-hybridized carbons (Fsp3) is 0.133. The summed E-state index contributed by atoms with van der Waals surface area (Å²) in [6.07, 6.45) is 0. The second-order valence-corrected chi connectivity index (χ2v) is 5.78. The molecule has 0 fully saturated rings. The van der Waals surface area contributed by atoms with E-state index in [0.717, 1.165) is 10.0 Å². The van der Waals surface area contributed by atoms with E-state index in [-0.39, 0.29) is 5.91 Å². The molecule has 0 saturated heterocycles. The van der Waals surface area contributed by atoms with Crippen molar-refractivity contribution in [3.63, 3.8) is 0 Å². The lowest BCUT2D eigenvalue weighted by molar-refractivity contribution is 0.102. The van der Waals surface area contributed by atoms with Gasteiger partial charge in [0.1, 0.15) is 5.75 Å². The number of hydrogen-bond acceptors (Lipinski definition) is 3. The molecule has 0 aromatic heterocycles. The highest BCUT2D eigenvalue weighted by Crippen LogP contribution is 2.29. The summed E-state index contributed by atoms with van der Waals surface area (Å²) in [4.78, 5) is 12.4. The van der Waals surface area contributed by atoms with Gasteiger partial charge in [0.25, 0.3) is 5.91 Å². The van der Waals surface area contributed by atoms with Gasteiger partial charge < -0.3 is 15.8 Å². The maximum atomic E-state index is 12.4. The molecule has 21 heavy (non-hydrogen) atoms. The number of hydrogen-bond donors (Lipinski definition) is 2. The Kier molecular flexibility index (Phi) is 4.75. The molecule has 4 nitrogen and oxygen atoms in total. The van der Waals surface area contributed by atoms with Gasteiger partial charge in [0.15, 0.2) is 0 Å².